The first-order valence-electron chi connectivity index (χ1n) is 12.7. The van der Waals surface area contributed by atoms with E-state index in [1.54, 1.807) is 51.4 Å². The number of carbonyl (C=O) groups excluding carboxylic acids is 2. The monoisotopic (exact) mass is 554 g/mol. The number of pyridine rings is 1. The average Bonchev–Trinajstić information content (AvgIpc) is 3.38. The summed E-state index contributed by atoms with van der Waals surface area (Å²) in [5.41, 5.74) is 3.64. The Morgan fingerprint density at radius 3 is 2.35 bits per heavy atom. The van der Waals surface area contributed by atoms with E-state index < -0.39 is 0 Å². The lowest BCUT2D eigenvalue weighted by molar-refractivity contribution is 0.0954. The van der Waals surface area contributed by atoms with Crippen LogP contribution in [0.25, 0.3) is 21.2 Å². The Bertz CT molecular complexity index is 1820. The molecule has 0 unspecified atom stereocenters. The molecule has 0 aliphatic heterocycles. The first-order chi connectivity index (χ1) is 19.1. The number of amides is 1. The van der Waals surface area contributed by atoms with Crippen molar-refractivity contribution in [3.05, 3.63) is 116 Å². The molecule has 6 nitrogen and oxygen atoms in total. The molecule has 0 fully saturated rings. The molecule has 8 heteroatoms. The minimum atomic E-state index is -0.356. The van der Waals surface area contributed by atoms with Gasteiger partial charge in [-0.2, -0.15) is 0 Å². The maximum atomic E-state index is 14.0. The summed E-state index contributed by atoms with van der Waals surface area (Å²) >= 11 is 1.12. The van der Waals surface area contributed by atoms with Crippen molar-refractivity contribution in [1.29, 1.82) is 0 Å². The van der Waals surface area contributed by atoms with Crippen LogP contribution in [0.5, 0.6) is 11.5 Å². The molecule has 2 aromatic heterocycles. The van der Waals surface area contributed by atoms with E-state index in [9.17, 15) is 18.8 Å². The number of rotatable bonds is 7. The number of fused-ring (bicyclic) bond motifs is 1. The molecule has 0 bridgehead atoms. The van der Waals surface area contributed by atoms with E-state index in [0.29, 0.717) is 60.8 Å². The number of aromatic nitrogens is 1. The fourth-order valence-electron chi connectivity index (χ4n) is 4.64. The summed E-state index contributed by atoms with van der Waals surface area (Å²) in [6, 6.07) is 19.2. The number of Topliss-reactive ketones (excluding diaryl/α,β-unsaturated/α-hetero) is 1. The molecule has 0 aliphatic rings. The zero-order valence-corrected chi connectivity index (χ0v) is 23.3. The van der Waals surface area contributed by atoms with Crippen molar-refractivity contribution >= 4 is 33.1 Å². The van der Waals surface area contributed by atoms with Gasteiger partial charge in [-0.1, -0.05) is 30.3 Å². The number of halogens is 1. The van der Waals surface area contributed by atoms with E-state index in [1.165, 1.54) is 23.6 Å². The highest BCUT2D eigenvalue weighted by atomic mass is 32.1. The molecule has 202 valence electrons. The predicted molar refractivity (Wildman–Crippen MR) is 156 cm³/mol. The van der Waals surface area contributed by atoms with Crippen LogP contribution in [0.1, 0.15) is 43.6 Å². The van der Waals surface area contributed by atoms with Crippen LogP contribution >= 0.6 is 11.3 Å². The number of thiophene rings is 1. The van der Waals surface area contributed by atoms with Gasteiger partial charge in [-0.05, 0) is 73.9 Å². The quantitative estimate of drug-likeness (QED) is 0.221. The van der Waals surface area contributed by atoms with Gasteiger partial charge in [0.2, 0.25) is 0 Å². The summed E-state index contributed by atoms with van der Waals surface area (Å²) in [6.07, 6.45) is 1.68. The molecule has 0 spiro atoms. The molecule has 0 saturated heterocycles. The highest BCUT2D eigenvalue weighted by Crippen LogP contribution is 2.40. The molecule has 1 N–H and O–H groups in total. The molecular weight excluding hydrogens is 527 g/mol. The van der Waals surface area contributed by atoms with Crippen LogP contribution < -0.4 is 15.6 Å². The number of hydrogen-bond acceptors (Lipinski definition) is 5. The Kier molecular flexibility index (Phi) is 7.36. The van der Waals surface area contributed by atoms with E-state index in [1.807, 2.05) is 30.3 Å². The fraction of sp³-hybridized carbons (Fsp3) is 0.156. The standard InChI is InChI=1S/C32H27FN2O4S/c1-18-12-23(33)13-19(2)29(18)39-27-11-10-22(20(3)36)14-24(27)26-17-35(4)32(38)30-25(26)15-28(40-30)31(37)34-16-21-8-6-5-7-9-21/h5-15,17H,16H2,1-4H3,(H,34,37). The lowest BCUT2D eigenvalue weighted by Crippen LogP contribution is -2.21. The number of ether oxygens (including phenoxy) is 1. The molecule has 3 aromatic carbocycles. The van der Waals surface area contributed by atoms with Crippen molar-refractivity contribution in [2.24, 2.45) is 7.05 Å². The Balaban J connectivity index is 1.63. The summed E-state index contributed by atoms with van der Waals surface area (Å²) in [5.74, 6) is 0.166. The summed E-state index contributed by atoms with van der Waals surface area (Å²) in [5, 5.41) is 3.50. The SMILES string of the molecule is CC(=O)c1ccc(Oc2c(C)cc(F)cc2C)c(-c2cn(C)c(=O)c3sc(C(=O)NCc4ccccc4)cc23)c1. The zero-order chi connectivity index (χ0) is 28.6. The molecule has 0 saturated carbocycles. The number of nitrogens with one attached hydrogen (secondary N) is 1. The molecule has 2 heterocycles. The first kappa shape index (κ1) is 27.0. The largest absolute Gasteiger partial charge is 0.456 e. The average molecular weight is 555 g/mol. The number of aryl methyl sites for hydroxylation is 3. The summed E-state index contributed by atoms with van der Waals surface area (Å²) < 4.78 is 22.2. The van der Waals surface area contributed by atoms with E-state index >= 15 is 0 Å². The third-order valence-electron chi connectivity index (χ3n) is 6.69. The van der Waals surface area contributed by atoms with Gasteiger partial charge in [0.05, 0.1) is 4.88 Å². The molecular formula is C32H27FN2O4S. The van der Waals surface area contributed by atoms with Crippen molar-refractivity contribution in [1.82, 2.24) is 9.88 Å². The number of benzene rings is 3. The van der Waals surface area contributed by atoms with Gasteiger partial charge in [0.25, 0.3) is 11.5 Å². The van der Waals surface area contributed by atoms with E-state index in [-0.39, 0.29) is 23.1 Å². The van der Waals surface area contributed by atoms with E-state index in [4.69, 9.17) is 4.74 Å². The third-order valence-corrected chi connectivity index (χ3v) is 7.81. The second-order valence-electron chi connectivity index (χ2n) is 9.72. The smallest absolute Gasteiger partial charge is 0.268 e. The van der Waals surface area contributed by atoms with Gasteiger partial charge in [0, 0.05) is 41.9 Å². The molecule has 0 aliphatic carbocycles. The molecule has 5 rings (SSSR count). The van der Waals surface area contributed by atoms with Gasteiger partial charge in [-0.25, -0.2) is 4.39 Å². The topological polar surface area (TPSA) is 77.4 Å². The van der Waals surface area contributed by atoms with Gasteiger partial charge in [0.1, 0.15) is 22.0 Å². The highest BCUT2D eigenvalue weighted by molar-refractivity contribution is 7.20. The van der Waals surface area contributed by atoms with Crippen LogP contribution in [0.4, 0.5) is 4.39 Å². The fourth-order valence-corrected chi connectivity index (χ4v) is 5.71. The Hall–Kier alpha value is -4.56. The lowest BCUT2D eigenvalue weighted by Gasteiger charge is -2.17. The Morgan fingerprint density at radius 1 is 0.975 bits per heavy atom. The molecule has 40 heavy (non-hydrogen) atoms. The Labute approximate surface area is 234 Å². The van der Waals surface area contributed by atoms with Crippen LogP contribution in [0.2, 0.25) is 0 Å². The summed E-state index contributed by atoms with van der Waals surface area (Å²) in [4.78, 5) is 38.9. The van der Waals surface area contributed by atoms with Crippen LogP contribution in [0.3, 0.4) is 0 Å². The number of carbonyl (C=O) groups is 2. The second-order valence-corrected chi connectivity index (χ2v) is 10.8. The minimum absolute atomic E-state index is 0.130. The first-order valence-corrected chi connectivity index (χ1v) is 13.5. The molecule has 0 atom stereocenters. The van der Waals surface area contributed by atoms with Crippen molar-refractivity contribution in [3.8, 4) is 22.6 Å². The normalized spacial score (nSPS) is 11.0. The van der Waals surface area contributed by atoms with Crippen molar-refractivity contribution < 1.29 is 18.7 Å². The number of ketones is 1. The Morgan fingerprint density at radius 2 is 1.68 bits per heavy atom. The molecule has 5 aromatic rings. The number of nitrogens with zero attached hydrogens (tertiary/aromatic N) is 1. The van der Waals surface area contributed by atoms with E-state index in [2.05, 4.69) is 5.32 Å². The predicted octanol–water partition coefficient (Wildman–Crippen LogP) is 6.95. The zero-order valence-electron chi connectivity index (χ0n) is 22.5. The van der Waals surface area contributed by atoms with Crippen LogP contribution in [0.15, 0.2) is 77.7 Å². The summed E-state index contributed by atoms with van der Waals surface area (Å²) in [7, 11) is 1.64. The van der Waals surface area contributed by atoms with Gasteiger partial charge in [-0.3, -0.25) is 14.4 Å². The maximum absolute atomic E-state index is 14.0. The molecule has 1 amide bonds. The minimum Gasteiger partial charge on any atom is -0.456 e. The second kappa shape index (κ2) is 10.9. The third kappa shape index (κ3) is 5.31. The molecule has 0 radical (unpaired) electrons. The highest BCUT2D eigenvalue weighted by Gasteiger charge is 2.21. The van der Waals surface area contributed by atoms with Crippen LogP contribution in [-0.2, 0) is 13.6 Å². The van der Waals surface area contributed by atoms with Crippen molar-refractivity contribution in [2.45, 2.75) is 27.3 Å². The summed E-state index contributed by atoms with van der Waals surface area (Å²) in [6.45, 7) is 5.36. The van der Waals surface area contributed by atoms with Crippen LogP contribution in [0, 0.1) is 19.7 Å². The number of hydrogen-bond donors (Lipinski definition) is 1. The lowest BCUT2D eigenvalue weighted by atomic mass is 9.99. The van der Waals surface area contributed by atoms with Gasteiger partial charge in [0.15, 0.2) is 5.78 Å². The maximum Gasteiger partial charge on any atom is 0.268 e. The van der Waals surface area contributed by atoms with Crippen molar-refractivity contribution in [2.75, 3.05) is 0 Å². The van der Waals surface area contributed by atoms with Crippen molar-refractivity contribution in [3.63, 3.8) is 0 Å². The van der Waals surface area contributed by atoms with E-state index in [0.717, 1.165) is 16.9 Å². The van der Waals surface area contributed by atoms with Crippen LogP contribution in [-0.4, -0.2) is 16.3 Å². The van der Waals surface area contributed by atoms with Gasteiger partial charge < -0.3 is 14.6 Å². The van der Waals surface area contributed by atoms with Gasteiger partial charge >= 0.3 is 0 Å². The van der Waals surface area contributed by atoms with Gasteiger partial charge in [-0.15, -0.1) is 11.3 Å².